The Labute approximate surface area is 263 Å². The molecule has 232 valence electrons. The average molecular weight is 644 g/mol. The number of allylic oxidation sites excluding steroid dienone is 2. The van der Waals surface area contributed by atoms with Gasteiger partial charge in [-0.05, 0) is 84.0 Å². The summed E-state index contributed by atoms with van der Waals surface area (Å²) in [4.78, 5) is 31.9. The number of nitriles is 1. The molecule has 0 saturated carbocycles. The molecule has 0 bridgehead atoms. The van der Waals surface area contributed by atoms with E-state index in [1.54, 1.807) is 30.3 Å². The van der Waals surface area contributed by atoms with Crippen LogP contribution in [0.15, 0.2) is 66.7 Å². The summed E-state index contributed by atoms with van der Waals surface area (Å²) < 4.78 is 40.8. The highest BCUT2D eigenvalue weighted by Gasteiger charge is 2.34. The van der Waals surface area contributed by atoms with Gasteiger partial charge >= 0.3 is 12.2 Å². The monoisotopic (exact) mass is 643 g/mol. The molecule has 0 spiro atoms. The average Bonchev–Trinajstić information content (AvgIpc) is 3.72. The molecule has 15 heteroatoms. The van der Waals surface area contributed by atoms with E-state index in [0.717, 1.165) is 54.7 Å². The van der Waals surface area contributed by atoms with Crippen molar-refractivity contribution < 1.29 is 22.8 Å². The molecule has 0 saturated heterocycles. The topological polar surface area (TPSA) is 153 Å². The molecular formula is C31H24F3N9O2S. The second-order valence-electron chi connectivity index (χ2n) is 10.4. The first-order valence-corrected chi connectivity index (χ1v) is 14.9. The molecule has 1 aliphatic rings. The summed E-state index contributed by atoms with van der Waals surface area (Å²) >= 11 is 0.964. The number of amides is 3. The molecular weight excluding hydrogens is 619 g/mol. The molecule has 0 unspecified atom stereocenters. The molecule has 3 amide bonds. The highest BCUT2D eigenvalue weighted by molar-refractivity contribution is 7.22. The van der Waals surface area contributed by atoms with Crippen LogP contribution >= 0.6 is 11.3 Å². The Morgan fingerprint density at radius 3 is 2.48 bits per heavy atom. The summed E-state index contributed by atoms with van der Waals surface area (Å²) in [5.41, 5.74) is 2.33. The molecule has 1 aliphatic carbocycles. The number of aromatic amines is 1. The van der Waals surface area contributed by atoms with Crippen molar-refractivity contribution in [1.82, 2.24) is 25.6 Å². The van der Waals surface area contributed by atoms with Crippen molar-refractivity contribution in [3.63, 3.8) is 0 Å². The van der Waals surface area contributed by atoms with Crippen LogP contribution in [-0.2, 0) is 12.7 Å². The predicted molar refractivity (Wildman–Crippen MR) is 166 cm³/mol. The van der Waals surface area contributed by atoms with Crippen LogP contribution in [0.4, 0.5) is 34.7 Å². The third kappa shape index (κ3) is 6.71. The fourth-order valence-corrected chi connectivity index (χ4v) is 5.96. The Kier molecular flexibility index (Phi) is 8.45. The van der Waals surface area contributed by atoms with Crippen LogP contribution in [0, 0.1) is 11.3 Å². The minimum atomic E-state index is -4.73. The van der Waals surface area contributed by atoms with Gasteiger partial charge in [-0.1, -0.05) is 46.8 Å². The molecule has 5 aromatic rings. The van der Waals surface area contributed by atoms with Crippen LogP contribution in [0.3, 0.4) is 0 Å². The van der Waals surface area contributed by atoms with Crippen molar-refractivity contribution in [2.75, 3.05) is 15.5 Å². The molecule has 0 atom stereocenters. The zero-order valence-corrected chi connectivity index (χ0v) is 24.7. The number of tetrazole rings is 1. The number of benzene rings is 3. The van der Waals surface area contributed by atoms with Crippen LogP contribution in [0.2, 0.25) is 0 Å². The predicted octanol–water partition coefficient (Wildman–Crippen LogP) is 7.15. The van der Waals surface area contributed by atoms with Gasteiger partial charge in [0.05, 0.1) is 34.0 Å². The molecule has 2 aromatic heterocycles. The van der Waals surface area contributed by atoms with Gasteiger partial charge < -0.3 is 0 Å². The lowest BCUT2D eigenvalue weighted by atomic mass is 9.93. The van der Waals surface area contributed by atoms with Crippen molar-refractivity contribution in [2.24, 2.45) is 0 Å². The maximum absolute atomic E-state index is 13.7. The number of hydrogen-bond donors (Lipinski definition) is 3. The number of carbonyl (C=O) groups excluding carboxylic acids is 2. The summed E-state index contributed by atoms with van der Waals surface area (Å²) in [7, 11) is 0. The Bertz CT molecular complexity index is 1960. The lowest BCUT2D eigenvalue weighted by Crippen LogP contribution is -2.34. The summed E-state index contributed by atoms with van der Waals surface area (Å²) in [5, 5.41) is 27.6. The second kappa shape index (κ2) is 12.8. The van der Waals surface area contributed by atoms with E-state index in [2.05, 4.69) is 42.3 Å². The molecule has 0 fully saturated rings. The molecule has 11 nitrogen and oxygen atoms in total. The largest absolute Gasteiger partial charge is 0.417 e. The first-order valence-electron chi connectivity index (χ1n) is 14.1. The van der Waals surface area contributed by atoms with Gasteiger partial charge in [-0.15, -0.1) is 5.10 Å². The van der Waals surface area contributed by atoms with Crippen LogP contribution < -0.4 is 15.5 Å². The van der Waals surface area contributed by atoms with Crippen molar-refractivity contribution in [3.05, 3.63) is 94.6 Å². The van der Waals surface area contributed by atoms with E-state index in [9.17, 15) is 28.0 Å². The SMILES string of the molecule is N#Cc1cc2sc(NC(=O)N(Cc3ccc(C(=O)Nc4nn[nH]n4)cc3)c3ccc(C4=CCCCC4)cc3)nc2cc1C(F)(F)F. The van der Waals surface area contributed by atoms with E-state index in [1.165, 1.54) is 10.5 Å². The maximum atomic E-state index is 13.7. The standard InChI is InChI=1S/C31H24F3N9O2S/c32-31(33,34)24-15-25-26(14-22(24)16-35)46-29(36-25)38-30(45)43(23-12-10-20(11-13-23)19-4-2-1-3-5-19)17-18-6-8-21(9-7-18)27(44)37-28-39-41-42-40-28/h4,6-15H,1-3,5,17H2,(H,36,38,45)(H2,37,39,40,41,42,44). The van der Waals surface area contributed by atoms with E-state index in [0.29, 0.717) is 21.5 Å². The Morgan fingerprint density at radius 1 is 1.04 bits per heavy atom. The number of nitrogens with zero attached hydrogens (tertiary/aromatic N) is 6. The number of aromatic nitrogens is 5. The lowest BCUT2D eigenvalue weighted by Gasteiger charge is -2.23. The summed E-state index contributed by atoms with van der Waals surface area (Å²) in [6, 6.07) is 17.1. The first-order chi connectivity index (χ1) is 22.2. The van der Waals surface area contributed by atoms with E-state index in [1.807, 2.05) is 24.3 Å². The summed E-state index contributed by atoms with van der Waals surface area (Å²) in [6.07, 6.45) is 1.79. The molecule has 0 radical (unpaired) electrons. The number of carbonyl (C=O) groups is 2. The minimum Gasteiger partial charge on any atom is -0.290 e. The van der Waals surface area contributed by atoms with Gasteiger partial charge in [0, 0.05) is 11.3 Å². The van der Waals surface area contributed by atoms with Gasteiger partial charge in [0.15, 0.2) is 5.13 Å². The van der Waals surface area contributed by atoms with Gasteiger partial charge in [0.2, 0.25) is 0 Å². The van der Waals surface area contributed by atoms with Gasteiger partial charge in [-0.2, -0.15) is 23.6 Å². The van der Waals surface area contributed by atoms with Crippen molar-refractivity contribution in [2.45, 2.75) is 38.4 Å². The number of thiazole rings is 1. The van der Waals surface area contributed by atoms with Crippen molar-refractivity contribution in [3.8, 4) is 6.07 Å². The molecule has 0 aliphatic heterocycles. The number of H-pyrrole nitrogens is 1. The number of fused-ring (bicyclic) bond motifs is 1. The number of urea groups is 1. The van der Waals surface area contributed by atoms with E-state index < -0.39 is 29.2 Å². The first kappa shape index (κ1) is 30.4. The molecule has 46 heavy (non-hydrogen) atoms. The highest BCUT2D eigenvalue weighted by atomic mass is 32.1. The number of alkyl halides is 3. The van der Waals surface area contributed by atoms with E-state index >= 15 is 0 Å². The quantitative estimate of drug-likeness (QED) is 0.170. The third-order valence-electron chi connectivity index (χ3n) is 7.38. The Morgan fingerprint density at radius 2 is 1.83 bits per heavy atom. The minimum absolute atomic E-state index is 0.0120. The van der Waals surface area contributed by atoms with Crippen molar-refractivity contribution in [1.29, 1.82) is 5.26 Å². The van der Waals surface area contributed by atoms with Gasteiger partial charge in [-0.25, -0.2) is 9.78 Å². The zero-order valence-electron chi connectivity index (χ0n) is 23.9. The summed E-state index contributed by atoms with van der Waals surface area (Å²) in [5.74, 6) is -0.420. The molecule has 3 N–H and O–H groups in total. The second-order valence-corrected chi connectivity index (χ2v) is 11.4. The summed E-state index contributed by atoms with van der Waals surface area (Å²) in [6.45, 7) is 0.0995. The number of halogens is 3. The number of hydrogen-bond acceptors (Lipinski definition) is 8. The fourth-order valence-electron chi connectivity index (χ4n) is 5.08. The third-order valence-corrected chi connectivity index (χ3v) is 8.31. The highest BCUT2D eigenvalue weighted by Crippen LogP contribution is 2.37. The van der Waals surface area contributed by atoms with E-state index in [-0.39, 0.29) is 23.1 Å². The molecule has 2 heterocycles. The number of rotatable bonds is 7. The smallest absolute Gasteiger partial charge is 0.290 e. The van der Waals surface area contributed by atoms with Gasteiger partial charge in [0.25, 0.3) is 11.9 Å². The fraction of sp³-hybridized carbons (Fsp3) is 0.194. The van der Waals surface area contributed by atoms with Gasteiger partial charge in [-0.3, -0.25) is 20.3 Å². The van der Waals surface area contributed by atoms with Crippen LogP contribution in [0.25, 0.3) is 15.8 Å². The zero-order chi connectivity index (χ0) is 32.3. The van der Waals surface area contributed by atoms with E-state index in [4.69, 9.17) is 0 Å². The van der Waals surface area contributed by atoms with Gasteiger partial charge in [0.1, 0.15) is 0 Å². The van der Waals surface area contributed by atoms with Crippen LogP contribution in [0.5, 0.6) is 0 Å². The Hall–Kier alpha value is -5.62. The number of anilines is 3. The Balaban J connectivity index is 1.27. The molecule has 3 aromatic carbocycles. The van der Waals surface area contributed by atoms with Crippen LogP contribution in [-0.4, -0.2) is 37.5 Å². The number of nitrogens with one attached hydrogen (secondary N) is 3. The lowest BCUT2D eigenvalue weighted by molar-refractivity contribution is -0.137. The normalized spacial score (nSPS) is 13.1. The van der Waals surface area contributed by atoms with Crippen LogP contribution in [0.1, 0.15) is 58.3 Å². The van der Waals surface area contributed by atoms with Crippen molar-refractivity contribution >= 4 is 55.8 Å². The molecule has 6 rings (SSSR count). The maximum Gasteiger partial charge on any atom is 0.417 e.